The third-order valence-corrected chi connectivity index (χ3v) is 9.42. The molecule has 0 radical (unpaired) electrons. The minimum atomic E-state index is -0.273. The van der Waals surface area contributed by atoms with E-state index in [1.165, 1.54) is 23.1 Å². The van der Waals surface area contributed by atoms with Crippen molar-refractivity contribution in [2.24, 2.45) is 22.4 Å². The van der Waals surface area contributed by atoms with E-state index in [-0.39, 0.29) is 17.6 Å². The molecule has 1 saturated heterocycles. The largest absolute Gasteiger partial charge is 0.411 e. The zero-order valence-electron chi connectivity index (χ0n) is 19.5. The topological polar surface area (TPSA) is 64.8 Å². The van der Waals surface area contributed by atoms with Gasteiger partial charge in [-0.3, -0.25) is 0 Å². The van der Waals surface area contributed by atoms with E-state index in [9.17, 15) is 10.3 Å². The van der Waals surface area contributed by atoms with Crippen molar-refractivity contribution in [3.63, 3.8) is 0 Å². The lowest BCUT2D eigenvalue weighted by Crippen LogP contribution is -2.50. The van der Waals surface area contributed by atoms with Crippen LogP contribution in [0.2, 0.25) is 0 Å². The molecule has 5 rings (SSSR count). The summed E-state index contributed by atoms with van der Waals surface area (Å²) in [6, 6.07) is 4.91. The maximum Gasteiger partial charge on any atom is 0.0795 e. The van der Waals surface area contributed by atoms with Gasteiger partial charge in [0.2, 0.25) is 0 Å². The Balaban J connectivity index is 1.45. The number of aliphatic hydroxyl groups excluding tert-OH is 1. The number of benzene rings is 1. The van der Waals surface area contributed by atoms with E-state index >= 15 is 0 Å². The summed E-state index contributed by atoms with van der Waals surface area (Å²) in [4.78, 5) is 0. The Morgan fingerprint density at radius 1 is 1.26 bits per heavy atom. The molecule has 2 fully saturated rings. The number of oxime groups is 1. The average Bonchev–Trinajstić information content (AvgIpc) is 3.14. The molecule has 4 nitrogen and oxygen atoms in total. The summed E-state index contributed by atoms with van der Waals surface area (Å²) in [6.45, 7) is 10.3. The van der Waals surface area contributed by atoms with E-state index in [2.05, 4.69) is 56.4 Å². The molecule has 3 aliphatic carbocycles. The van der Waals surface area contributed by atoms with Crippen LogP contribution in [0.25, 0.3) is 0 Å². The third kappa shape index (κ3) is 3.29. The Bertz CT molecular complexity index is 935. The van der Waals surface area contributed by atoms with Crippen LogP contribution in [0.4, 0.5) is 0 Å². The second kappa shape index (κ2) is 7.74. The molecule has 4 heteroatoms. The lowest BCUT2D eigenvalue weighted by molar-refractivity contribution is 0.0657. The average molecular weight is 423 g/mol. The van der Waals surface area contributed by atoms with Crippen molar-refractivity contribution in [1.82, 2.24) is 5.32 Å². The zero-order chi connectivity index (χ0) is 21.9. The normalized spacial score (nSPS) is 39.5. The van der Waals surface area contributed by atoms with Gasteiger partial charge in [-0.15, -0.1) is 0 Å². The van der Waals surface area contributed by atoms with E-state index in [0.717, 1.165) is 44.4 Å². The molecule has 1 aromatic carbocycles. The number of piperidine rings is 1. The van der Waals surface area contributed by atoms with E-state index in [1.54, 1.807) is 11.1 Å². The van der Waals surface area contributed by atoms with E-state index in [4.69, 9.17) is 0 Å². The molecule has 0 spiro atoms. The standard InChI is InChI=1S/C27H38N2O2/c1-15-11-25(30)26(28-14-15)17(3)20-7-8-21-22-6-5-18-12-19(29-31)9-10-27(18,4)24(22)13-23(21)16(20)2/h7-8,12,15,17,22,24-26,28,30-31H,5-6,9-11,13-14H2,1-4H3/b29-19+/t15-,17-,22-,24-,25+,26-,27-/m0/s1. The first-order valence-corrected chi connectivity index (χ1v) is 12.3. The molecule has 31 heavy (non-hydrogen) atoms. The van der Waals surface area contributed by atoms with Gasteiger partial charge in [-0.05, 0) is 109 Å². The summed E-state index contributed by atoms with van der Waals surface area (Å²) < 4.78 is 0. The van der Waals surface area contributed by atoms with E-state index in [1.807, 2.05) is 0 Å². The number of hydrogen-bond donors (Lipinski definition) is 3. The van der Waals surface area contributed by atoms with Gasteiger partial charge in [-0.25, -0.2) is 0 Å². The van der Waals surface area contributed by atoms with Gasteiger partial charge < -0.3 is 15.6 Å². The van der Waals surface area contributed by atoms with Gasteiger partial charge in [-0.2, -0.15) is 0 Å². The number of aliphatic hydroxyl groups is 1. The van der Waals surface area contributed by atoms with Crippen LogP contribution in [-0.2, 0) is 6.42 Å². The number of nitrogens with zero attached hydrogens (tertiary/aromatic N) is 1. The lowest BCUT2D eigenvalue weighted by atomic mass is 9.56. The second-order valence-corrected chi connectivity index (χ2v) is 11.1. The molecule has 0 unspecified atom stereocenters. The summed E-state index contributed by atoms with van der Waals surface area (Å²) in [5.41, 5.74) is 8.56. The third-order valence-electron chi connectivity index (χ3n) is 9.42. The Kier molecular flexibility index (Phi) is 5.29. The van der Waals surface area contributed by atoms with Crippen LogP contribution < -0.4 is 5.32 Å². The summed E-state index contributed by atoms with van der Waals surface area (Å²) in [7, 11) is 0. The molecule has 1 heterocycles. The van der Waals surface area contributed by atoms with Gasteiger partial charge >= 0.3 is 0 Å². The molecule has 0 aromatic heterocycles. The first kappa shape index (κ1) is 21.2. The number of nitrogens with one attached hydrogen (secondary N) is 1. The summed E-state index contributed by atoms with van der Waals surface area (Å²) in [5, 5.41) is 27.1. The maximum absolute atomic E-state index is 10.7. The van der Waals surface area contributed by atoms with E-state index < -0.39 is 0 Å². The summed E-state index contributed by atoms with van der Waals surface area (Å²) in [5.74, 6) is 2.13. The number of allylic oxidation sites excluding steroid dienone is 2. The molecule has 168 valence electrons. The van der Waals surface area contributed by atoms with Gasteiger partial charge in [0.05, 0.1) is 11.8 Å². The van der Waals surface area contributed by atoms with Crippen LogP contribution in [0.15, 0.2) is 28.9 Å². The number of fused-ring (bicyclic) bond motifs is 5. The predicted octanol–water partition coefficient (Wildman–Crippen LogP) is 5.06. The minimum Gasteiger partial charge on any atom is -0.411 e. The highest BCUT2D eigenvalue weighted by atomic mass is 16.4. The quantitative estimate of drug-likeness (QED) is 0.461. The summed E-state index contributed by atoms with van der Waals surface area (Å²) >= 11 is 0. The highest BCUT2D eigenvalue weighted by molar-refractivity contribution is 5.96. The molecule has 3 N–H and O–H groups in total. The van der Waals surface area contributed by atoms with Crippen LogP contribution in [0.3, 0.4) is 0 Å². The first-order chi connectivity index (χ1) is 14.8. The van der Waals surface area contributed by atoms with E-state index in [0.29, 0.717) is 23.7 Å². The van der Waals surface area contributed by atoms with Gasteiger partial charge in [0.15, 0.2) is 0 Å². The molecule has 1 saturated carbocycles. The smallest absolute Gasteiger partial charge is 0.0795 e. The Labute approximate surface area is 186 Å². The lowest BCUT2D eigenvalue weighted by Gasteiger charge is -2.47. The van der Waals surface area contributed by atoms with Crippen molar-refractivity contribution < 1.29 is 10.3 Å². The predicted molar refractivity (Wildman–Crippen MR) is 125 cm³/mol. The minimum absolute atomic E-state index is 0.137. The molecular formula is C27H38N2O2. The van der Waals surface area contributed by atoms with Crippen LogP contribution in [0.1, 0.15) is 87.0 Å². The van der Waals surface area contributed by atoms with Gasteiger partial charge in [0.1, 0.15) is 0 Å². The Morgan fingerprint density at radius 2 is 2.06 bits per heavy atom. The van der Waals surface area contributed by atoms with Gasteiger partial charge in [0, 0.05) is 6.04 Å². The van der Waals surface area contributed by atoms with Gasteiger partial charge in [0.25, 0.3) is 0 Å². The van der Waals surface area contributed by atoms with Crippen molar-refractivity contribution in [2.45, 2.75) is 90.2 Å². The van der Waals surface area contributed by atoms with Crippen molar-refractivity contribution in [3.8, 4) is 0 Å². The van der Waals surface area contributed by atoms with Crippen molar-refractivity contribution >= 4 is 5.71 Å². The first-order valence-electron chi connectivity index (χ1n) is 12.3. The van der Waals surface area contributed by atoms with Crippen molar-refractivity contribution in [3.05, 3.63) is 46.0 Å². The fraction of sp³-hybridized carbons (Fsp3) is 0.667. The fourth-order valence-corrected chi connectivity index (χ4v) is 7.49. The SMILES string of the molecule is Cc1c([C@H](C)[C@@H]2NC[C@@H](C)C[C@H]2O)ccc2c1C[C@H]1[C@H]2CCC2=C/C(=N/O)CC[C@@]21C. The highest BCUT2D eigenvalue weighted by Gasteiger charge is 2.50. The molecule has 7 atom stereocenters. The fourth-order valence-electron chi connectivity index (χ4n) is 7.49. The monoisotopic (exact) mass is 422 g/mol. The van der Waals surface area contributed by atoms with Crippen molar-refractivity contribution in [2.75, 3.05) is 6.54 Å². The number of rotatable bonds is 2. The maximum atomic E-state index is 10.7. The molecule has 1 aromatic rings. The zero-order valence-corrected chi connectivity index (χ0v) is 19.5. The molecular weight excluding hydrogens is 384 g/mol. The summed E-state index contributed by atoms with van der Waals surface area (Å²) in [6.07, 6.45) is 8.24. The van der Waals surface area contributed by atoms with Crippen LogP contribution in [0.5, 0.6) is 0 Å². The second-order valence-electron chi connectivity index (χ2n) is 11.1. The highest BCUT2D eigenvalue weighted by Crippen LogP contribution is 2.60. The molecule has 4 aliphatic rings. The van der Waals surface area contributed by atoms with Crippen LogP contribution in [-0.4, -0.2) is 34.7 Å². The van der Waals surface area contributed by atoms with Gasteiger partial charge in [-0.1, -0.05) is 43.6 Å². The van der Waals surface area contributed by atoms with Crippen molar-refractivity contribution in [1.29, 1.82) is 0 Å². The Morgan fingerprint density at radius 3 is 2.81 bits per heavy atom. The molecule has 0 bridgehead atoms. The Hall–Kier alpha value is -1.65. The number of hydrogen-bond acceptors (Lipinski definition) is 4. The molecule has 0 amide bonds. The van der Waals surface area contributed by atoms with Crippen LogP contribution >= 0.6 is 0 Å². The van der Waals surface area contributed by atoms with Crippen LogP contribution in [0, 0.1) is 24.2 Å². The molecule has 1 aliphatic heterocycles.